The molecule has 0 heterocycles. The van der Waals surface area contributed by atoms with Crippen LogP contribution in [0.3, 0.4) is 0 Å². The zero-order valence-electron chi connectivity index (χ0n) is 5.77. The monoisotopic (exact) mass is 173 g/mol. The molecule has 0 aliphatic rings. The van der Waals surface area contributed by atoms with Crippen LogP contribution in [0.25, 0.3) is 0 Å². The first kappa shape index (κ1) is 12.5. The Bertz CT molecular complexity index is 139. The third-order valence-electron chi connectivity index (χ3n) is 0.377. The Morgan fingerprint density at radius 1 is 1.60 bits per heavy atom. The average molecular weight is 173 g/mol. The molecule has 0 radical (unpaired) electrons. The van der Waals surface area contributed by atoms with Crippen LogP contribution in [0.1, 0.15) is 6.92 Å². The van der Waals surface area contributed by atoms with Crippen LogP contribution in [-0.4, -0.2) is 26.7 Å². The molecule has 0 bridgehead atoms. The van der Waals surface area contributed by atoms with Crippen molar-refractivity contribution in [3.63, 3.8) is 0 Å². The maximum atomic E-state index is 9.33. The van der Waals surface area contributed by atoms with Gasteiger partial charge in [0.2, 0.25) is 0 Å². The lowest BCUT2D eigenvalue weighted by Crippen LogP contribution is -1.96. The van der Waals surface area contributed by atoms with Gasteiger partial charge in [-0.15, -0.1) is 0 Å². The normalized spacial score (nSPS) is 10.0. The number of hydrogen-bond donors (Lipinski definition) is 2. The van der Waals surface area contributed by atoms with E-state index in [0.717, 1.165) is 7.11 Å². The second-order valence-electron chi connectivity index (χ2n) is 1.05. The van der Waals surface area contributed by atoms with Gasteiger partial charge in [0.05, 0.1) is 13.7 Å². The van der Waals surface area contributed by atoms with Crippen LogP contribution in [0.5, 0.6) is 0 Å². The van der Waals surface area contributed by atoms with Gasteiger partial charge in [-0.1, -0.05) is 0 Å². The lowest BCUT2D eigenvalue weighted by Gasteiger charge is -1.82. The molecule has 0 fully saturated rings. The van der Waals surface area contributed by atoms with Crippen LogP contribution in [0, 0.1) is 0 Å². The van der Waals surface area contributed by atoms with Gasteiger partial charge in [-0.05, 0) is 6.92 Å². The van der Waals surface area contributed by atoms with Gasteiger partial charge >= 0.3 is 10.4 Å². The summed E-state index contributed by atoms with van der Waals surface area (Å²) in [6.07, 6.45) is 0. The molecule has 0 saturated heterocycles. The summed E-state index contributed by atoms with van der Waals surface area (Å²) in [5, 5.41) is 0. The molecule has 6 nitrogen and oxygen atoms in total. The zero-order valence-corrected chi connectivity index (χ0v) is 6.59. The van der Waals surface area contributed by atoms with E-state index in [1.165, 1.54) is 0 Å². The highest BCUT2D eigenvalue weighted by molar-refractivity contribution is 7.80. The summed E-state index contributed by atoms with van der Waals surface area (Å²) in [5.74, 6) is 4.53. The summed E-state index contributed by atoms with van der Waals surface area (Å²) >= 11 is 0. The van der Waals surface area contributed by atoms with Gasteiger partial charge < -0.3 is 4.84 Å². The van der Waals surface area contributed by atoms with Crippen LogP contribution in [0.4, 0.5) is 0 Å². The number of rotatable bonds is 2. The maximum absolute atomic E-state index is 9.33. The molecule has 0 amide bonds. The third-order valence-corrected chi connectivity index (χ3v) is 0.799. The Kier molecular flexibility index (Phi) is 8.61. The van der Waals surface area contributed by atoms with Crippen LogP contribution >= 0.6 is 0 Å². The van der Waals surface area contributed by atoms with Gasteiger partial charge in [0.25, 0.3) is 0 Å². The molecule has 0 spiro atoms. The Morgan fingerprint density at radius 2 is 1.80 bits per heavy atom. The van der Waals surface area contributed by atoms with Gasteiger partial charge in [-0.25, -0.2) is 5.90 Å². The molecule has 0 aromatic rings. The van der Waals surface area contributed by atoms with E-state index in [2.05, 4.69) is 14.9 Å². The highest BCUT2D eigenvalue weighted by Crippen LogP contribution is 1.74. The summed E-state index contributed by atoms with van der Waals surface area (Å²) < 4.78 is 29.7. The van der Waals surface area contributed by atoms with Gasteiger partial charge in [0.15, 0.2) is 0 Å². The minimum Gasteiger partial charge on any atom is -0.305 e. The molecule has 64 valence electrons. The van der Waals surface area contributed by atoms with Crippen molar-refractivity contribution in [3.8, 4) is 0 Å². The molecule has 0 atom stereocenters. The fraction of sp³-hybridized carbons (Fsp3) is 1.00. The van der Waals surface area contributed by atoms with E-state index in [1.54, 1.807) is 0 Å². The van der Waals surface area contributed by atoms with E-state index < -0.39 is 10.4 Å². The SMILES string of the molecule is CCON.COS(=O)(=O)O. The van der Waals surface area contributed by atoms with Crippen molar-refractivity contribution in [2.75, 3.05) is 13.7 Å². The quantitative estimate of drug-likeness (QED) is 0.424. The molecule has 0 aromatic carbocycles. The highest BCUT2D eigenvalue weighted by atomic mass is 32.3. The molecule has 0 saturated carbocycles. The molecule has 7 heteroatoms. The Hall–Kier alpha value is -0.210. The second kappa shape index (κ2) is 6.90. The van der Waals surface area contributed by atoms with Crippen molar-refractivity contribution in [3.05, 3.63) is 0 Å². The van der Waals surface area contributed by atoms with Crippen molar-refractivity contribution in [1.29, 1.82) is 0 Å². The molecule has 10 heavy (non-hydrogen) atoms. The minimum absolute atomic E-state index is 0.597. The van der Waals surface area contributed by atoms with Crippen LogP contribution < -0.4 is 5.90 Å². The van der Waals surface area contributed by atoms with Crippen LogP contribution in [-0.2, 0) is 19.4 Å². The first-order valence-corrected chi connectivity index (χ1v) is 3.69. The van der Waals surface area contributed by atoms with Crippen molar-refractivity contribution < 1.29 is 22.0 Å². The summed E-state index contributed by atoms with van der Waals surface area (Å²) in [6, 6.07) is 0. The smallest absolute Gasteiger partial charge is 0.305 e. The number of hydrogen-bond acceptors (Lipinski definition) is 5. The Labute approximate surface area is 59.8 Å². The van der Waals surface area contributed by atoms with E-state index in [9.17, 15) is 8.42 Å². The zero-order chi connectivity index (χ0) is 8.62. The summed E-state index contributed by atoms with van der Waals surface area (Å²) in [4.78, 5) is 4.04. The van der Waals surface area contributed by atoms with Gasteiger partial charge in [0.1, 0.15) is 0 Å². The molecule has 0 rings (SSSR count). The summed E-state index contributed by atoms with van der Waals surface area (Å²) in [6.45, 7) is 2.43. The fourth-order valence-electron chi connectivity index (χ4n) is 0. The van der Waals surface area contributed by atoms with Crippen LogP contribution in [0.2, 0.25) is 0 Å². The van der Waals surface area contributed by atoms with Crippen molar-refractivity contribution in [1.82, 2.24) is 0 Å². The molecule has 0 aromatic heterocycles. The average Bonchev–Trinajstić information content (AvgIpc) is 1.87. The molecular weight excluding hydrogens is 162 g/mol. The summed E-state index contributed by atoms with van der Waals surface area (Å²) in [7, 11) is -3.29. The van der Waals surface area contributed by atoms with E-state index >= 15 is 0 Å². The number of nitrogens with two attached hydrogens (primary N) is 1. The molecule has 0 aliphatic carbocycles. The predicted molar refractivity (Wildman–Crippen MR) is 34.4 cm³/mol. The fourth-order valence-corrected chi connectivity index (χ4v) is 0. The second-order valence-corrected chi connectivity index (χ2v) is 2.24. The standard InChI is InChI=1S/C2H7NO.CH4O4S/c1-2-4-3;1-5-6(2,3)4/h2-3H2,1H3;1H3,(H,2,3,4). The van der Waals surface area contributed by atoms with E-state index in [1.807, 2.05) is 6.92 Å². The lowest BCUT2D eigenvalue weighted by molar-refractivity contribution is 0.152. The van der Waals surface area contributed by atoms with Crippen LogP contribution in [0.15, 0.2) is 0 Å². The minimum atomic E-state index is -4.16. The Balaban J connectivity index is 0. The van der Waals surface area contributed by atoms with Crippen molar-refractivity contribution in [2.45, 2.75) is 6.92 Å². The Morgan fingerprint density at radius 3 is 1.80 bits per heavy atom. The molecular formula is C3H11NO5S. The summed E-state index contributed by atoms with van der Waals surface area (Å²) in [5.41, 5.74) is 0. The molecule has 0 aliphatic heterocycles. The third kappa shape index (κ3) is 25.0. The first-order chi connectivity index (χ1) is 4.47. The molecule has 3 N–H and O–H groups in total. The van der Waals surface area contributed by atoms with Crippen molar-refractivity contribution >= 4 is 10.4 Å². The first-order valence-electron chi connectivity index (χ1n) is 2.32. The largest absolute Gasteiger partial charge is 0.397 e. The van der Waals surface area contributed by atoms with Crippen molar-refractivity contribution in [2.24, 2.45) is 5.90 Å². The maximum Gasteiger partial charge on any atom is 0.397 e. The highest BCUT2D eigenvalue weighted by Gasteiger charge is 1.93. The van der Waals surface area contributed by atoms with E-state index in [4.69, 9.17) is 4.55 Å². The molecule has 0 unspecified atom stereocenters. The van der Waals surface area contributed by atoms with E-state index in [-0.39, 0.29) is 0 Å². The topological polar surface area (TPSA) is 98.9 Å². The van der Waals surface area contributed by atoms with E-state index in [0.29, 0.717) is 6.61 Å². The van der Waals surface area contributed by atoms with Gasteiger partial charge in [0, 0.05) is 0 Å². The van der Waals surface area contributed by atoms with Gasteiger partial charge in [-0.3, -0.25) is 8.74 Å². The predicted octanol–water partition coefficient (Wildman–Crippen LogP) is -0.668. The lowest BCUT2D eigenvalue weighted by atomic mass is 10.9. The van der Waals surface area contributed by atoms with Gasteiger partial charge in [-0.2, -0.15) is 8.42 Å².